The molecular weight excluding hydrogens is 414 g/mol. The maximum atomic E-state index is 13.2. The average molecular weight is 450 g/mol. The molecule has 0 radical (unpaired) electrons. The van der Waals surface area contributed by atoms with Crippen LogP contribution >= 0.6 is 11.3 Å². The number of hydrogen-bond acceptors (Lipinski definition) is 6. The fourth-order valence-electron chi connectivity index (χ4n) is 5.44. The van der Waals surface area contributed by atoms with E-state index in [0.717, 1.165) is 51.4 Å². The van der Waals surface area contributed by atoms with Crippen molar-refractivity contribution in [3.63, 3.8) is 0 Å². The van der Waals surface area contributed by atoms with E-state index >= 15 is 0 Å². The van der Waals surface area contributed by atoms with Crippen LogP contribution in [-0.4, -0.2) is 46.9 Å². The number of esters is 1. The van der Waals surface area contributed by atoms with Gasteiger partial charge in [-0.15, -0.1) is 11.3 Å². The van der Waals surface area contributed by atoms with Crippen LogP contribution < -0.4 is 0 Å². The fourth-order valence-corrected chi connectivity index (χ4v) is 6.33. The maximum absolute atomic E-state index is 13.2. The van der Waals surface area contributed by atoms with Gasteiger partial charge in [-0.1, -0.05) is 18.9 Å². The van der Waals surface area contributed by atoms with E-state index in [0.29, 0.717) is 18.0 Å². The van der Waals surface area contributed by atoms with Gasteiger partial charge >= 0.3 is 12.1 Å². The van der Waals surface area contributed by atoms with Crippen LogP contribution in [0.5, 0.6) is 0 Å². The number of rotatable bonds is 4. The van der Waals surface area contributed by atoms with E-state index in [2.05, 4.69) is 0 Å². The van der Waals surface area contributed by atoms with Gasteiger partial charge in [0.25, 0.3) is 0 Å². The molecule has 31 heavy (non-hydrogen) atoms. The molecule has 1 N–H and O–H groups in total. The van der Waals surface area contributed by atoms with Gasteiger partial charge in [0.1, 0.15) is 11.7 Å². The summed E-state index contributed by atoms with van der Waals surface area (Å²) in [6, 6.07) is 3.73. The molecule has 4 rings (SSSR count). The first-order valence-electron chi connectivity index (χ1n) is 11.6. The lowest BCUT2D eigenvalue weighted by Gasteiger charge is -2.51. The molecule has 2 aliphatic carbocycles. The van der Waals surface area contributed by atoms with Gasteiger partial charge < -0.3 is 19.5 Å². The third kappa shape index (κ3) is 4.63. The summed E-state index contributed by atoms with van der Waals surface area (Å²) in [7, 11) is 0. The molecule has 1 spiro atoms. The summed E-state index contributed by atoms with van der Waals surface area (Å²) in [6.07, 6.45) is 6.85. The third-order valence-corrected chi connectivity index (χ3v) is 8.22. The minimum Gasteiger partial charge on any atom is -0.460 e. The average Bonchev–Trinajstić information content (AvgIpc) is 3.39. The highest BCUT2D eigenvalue weighted by atomic mass is 32.1. The van der Waals surface area contributed by atoms with Crippen molar-refractivity contribution in [1.29, 1.82) is 0 Å². The Morgan fingerprint density at radius 3 is 2.35 bits per heavy atom. The molecule has 1 amide bonds. The molecular formula is C24H35NO5S. The van der Waals surface area contributed by atoms with Crippen molar-refractivity contribution >= 4 is 23.4 Å². The van der Waals surface area contributed by atoms with Crippen molar-refractivity contribution in [1.82, 2.24) is 4.90 Å². The zero-order valence-corrected chi connectivity index (χ0v) is 19.7. The summed E-state index contributed by atoms with van der Waals surface area (Å²) in [5.74, 6) is -0.544. The first kappa shape index (κ1) is 22.6. The predicted octanol–water partition coefficient (Wildman–Crippen LogP) is 4.85. The summed E-state index contributed by atoms with van der Waals surface area (Å²) in [6.45, 7) is 6.99. The number of amides is 1. The van der Waals surface area contributed by atoms with Crippen LogP contribution in [0.2, 0.25) is 0 Å². The second kappa shape index (κ2) is 8.39. The van der Waals surface area contributed by atoms with E-state index in [9.17, 15) is 14.7 Å². The first-order chi connectivity index (χ1) is 14.6. The normalized spacial score (nSPS) is 23.9. The highest BCUT2D eigenvalue weighted by molar-refractivity contribution is 7.10. The van der Waals surface area contributed by atoms with E-state index in [-0.39, 0.29) is 23.5 Å². The molecule has 7 heteroatoms. The molecule has 0 aromatic carbocycles. The van der Waals surface area contributed by atoms with Gasteiger partial charge in [-0.25, -0.2) is 9.59 Å². The lowest BCUT2D eigenvalue weighted by Crippen LogP contribution is -2.53. The van der Waals surface area contributed by atoms with Crippen molar-refractivity contribution in [3.05, 3.63) is 22.4 Å². The summed E-state index contributed by atoms with van der Waals surface area (Å²) in [4.78, 5) is 27.9. The van der Waals surface area contributed by atoms with Gasteiger partial charge in [-0.3, -0.25) is 0 Å². The zero-order valence-electron chi connectivity index (χ0n) is 18.9. The van der Waals surface area contributed by atoms with Gasteiger partial charge in [0.15, 0.2) is 5.60 Å². The van der Waals surface area contributed by atoms with E-state index in [4.69, 9.17) is 9.47 Å². The molecule has 1 unspecified atom stereocenters. The lowest BCUT2D eigenvalue weighted by molar-refractivity contribution is -0.192. The highest BCUT2D eigenvalue weighted by Crippen LogP contribution is 2.51. The molecule has 0 bridgehead atoms. The predicted molar refractivity (Wildman–Crippen MR) is 119 cm³/mol. The molecule has 1 aromatic heterocycles. The quantitative estimate of drug-likeness (QED) is 0.665. The van der Waals surface area contributed by atoms with E-state index in [1.165, 1.54) is 11.3 Å². The number of nitrogens with zero attached hydrogens (tertiary/aromatic N) is 1. The zero-order chi connectivity index (χ0) is 22.3. The fraction of sp³-hybridized carbons (Fsp3) is 0.750. The highest BCUT2D eigenvalue weighted by Gasteiger charge is 2.53. The van der Waals surface area contributed by atoms with E-state index in [1.54, 1.807) is 4.90 Å². The summed E-state index contributed by atoms with van der Waals surface area (Å²) in [5.41, 5.74) is -1.87. The molecule has 1 aliphatic heterocycles. The van der Waals surface area contributed by atoms with Crippen LogP contribution in [0.15, 0.2) is 17.5 Å². The number of likely N-dealkylation sites (tertiary alicyclic amines) is 1. The molecule has 3 fully saturated rings. The standard InChI is InChI=1S/C24H35NO5S/c1-22(2,3)30-21(27)25-12-10-23(11-13-25)15-18(16-23)29-20(26)24(28,17-7-4-5-8-17)19-9-6-14-31-19/h6,9,14,17-18,28H,4-5,7-8,10-13,15-16H2,1-3H3. The number of carbonyl (C=O) groups excluding carboxylic acids is 2. The van der Waals surface area contributed by atoms with Crippen molar-refractivity contribution in [2.24, 2.45) is 11.3 Å². The van der Waals surface area contributed by atoms with Gasteiger partial charge in [0.05, 0.1) is 0 Å². The van der Waals surface area contributed by atoms with Crippen LogP contribution in [0, 0.1) is 11.3 Å². The molecule has 3 aliphatic rings. The maximum Gasteiger partial charge on any atom is 0.410 e. The summed E-state index contributed by atoms with van der Waals surface area (Å²) >= 11 is 1.43. The monoisotopic (exact) mass is 449 g/mol. The van der Waals surface area contributed by atoms with E-state index < -0.39 is 17.2 Å². The molecule has 1 saturated heterocycles. The van der Waals surface area contributed by atoms with Gasteiger partial charge in [-0.2, -0.15) is 0 Å². The van der Waals surface area contributed by atoms with Gasteiger partial charge in [-0.05, 0) is 76.2 Å². The van der Waals surface area contributed by atoms with Gasteiger partial charge in [0.2, 0.25) is 0 Å². The number of carbonyl (C=O) groups is 2. The largest absolute Gasteiger partial charge is 0.460 e. The third-order valence-electron chi connectivity index (χ3n) is 7.22. The number of thiophene rings is 1. The second-order valence-corrected chi connectivity index (χ2v) is 11.6. The summed E-state index contributed by atoms with van der Waals surface area (Å²) < 4.78 is 11.4. The number of ether oxygens (including phenoxy) is 2. The second-order valence-electron chi connectivity index (χ2n) is 10.6. The number of aliphatic hydroxyl groups is 1. The Hall–Kier alpha value is -1.60. The number of hydrogen-bond donors (Lipinski definition) is 1. The molecule has 2 heterocycles. The smallest absolute Gasteiger partial charge is 0.410 e. The van der Waals surface area contributed by atoms with Crippen molar-refractivity contribution in [2.45, 2.75) is 89.4 Å². The van der Waals surface area contributed by atoms with Crippen LogP contribution in [0.1, 0.15) is 77.0 Å². The Morgan fingerprint density at radius 2 is 1.81 bits per heavy atom. The minimum absolute atomic E-state index is 0.0650. The Bertz CT molecular complexity index is 779. The Kier molecular flexibility index (Phi) is 6.12. The molecule has 1 atom stereocenters. The minimum atomic E-state index is -1.52. The number of piperidine rings is 1. The van der Waals surface area contributed by atoms with E-state index in [1.807, 2.05) is 38.3 Å². The van der Waals surface area contributed by atoms with Crippen LogP contribution in [0.25, 0.3) is 0 Å². The van der Waals surface area contributed by atoms with Crippen molar-refractivity contribution in [3.8, 4) is 0 Å². The SMILES string of the molecule is CC(C)(C)OC(=O)N1CCC2(CC1)CC(OC(=O)C(O)(c1cccs1)C1CCCC1)C2. The molecule has 2 saturated carbocycles. The van der Waals surface area contributed by atoms with Crippen molar-refractivity contribution < 1.29 is 24.2 Å². The van der Waals surface area contributed by atoms with Gasteiger partial charge in [0, 0.05) is 23.9 Å². The van der Waals surface area contributed by atoms with Crippen molar-refractivity contribution in [2.75, 3.05) is 13.1 Å². The first-order valence-corrected chi connectivity index (χ1v) is 12.4. The molecule has 6 nitrogen and oxygen atoms in total. The van der Waals surface area contributed by atoms with Crippen LogP contribution in [0.4, 0.5) is 4.79 Å². The Balaban J connectivity index is 1.31. The van der Waals surface area contributed by atoms with Crippen LogP contribution in [-0.2, 0) is 19.9 Å². The molecule has 172 valence electrons. The Morgan fingerprint density at radius 1 is 1.16 bits per heavy atom. The molecule has 1 aromatic rings. The summed E-state index contributed by atoms with van der Waals surface area (Å²) in [5, 5.41) is 13.4. The Labute approximate surface area is 188 Å². The lowest BCUT2D eigenvalue weighted by atomic mass is 9.61. The van der Waals surface area contributed by atoms with Crippen LogP contribution in [0.3, 0.4) is 0 Å². The topological polar surface area (TPSA) is 76.1 Å².